The molecule has 0 N–H and O–H groups in total. The molecular formula is C18H13NO. The van der Waals surface area contributed by atoms with Gasteiger partial charge in [-0.25, -0.2) is 0 Å². The number of nitrogens with zero attached hydrogens (tertiary/aromatic N) is 1. The molecule has 2 heteroatoms. The quantitative estimate of drug-likeness (QED) is 0.469. The molecule has 0 bridgehead atoms. The summed E-state index contributed by atoms with van der Waals surface area (Å²) in [5.74, 6) is 0. The van der Waals surface area contributed by atoms with E-state index in [2.05, 4.69) is 59.8 Å². The Morgan fingerprint density at radius 2 is 1.35 bits per heavy atom. The largest absolute Gasteiger partial charge is 0.399 e. The van der Waals surface area contributed by atoms with E-state index in [0.717, 1.165) is 16.8 Å². The molecule has 0 aliphatic heterocycles. The lowest BCUT2D eigenvalue weighted by Crippen LogP contribution is -2.11. The SMILES string of the molecule is CO/N=C1/c2ccccc2-c2cccc3cccc1c23. The lowest BCUT2D eigenvalue weighted by Gasteiger charge is -2.21. The molecule has 0 spiro atoms. The van der Waals surface area contributed by atoms with E-state index in [1.807, 2.05) is 6.07 Å². The first-order valence-electron chi connectivity index (χ1n) is 6.63. The van der Waals surface area contributed by atoms with Crippen molar-refractivity contribution >= 4 is 16.5 Å². The molecule has 0 saturated carbocycles. The Balaban J connectivity index is 2.23. The molecule has 0 aromatic heterocycles. The highest BCUT2D eigenvalue weighted by molar-refractivity contribution is 6.27. The second-order valence-corrected chi connectivity index (χ2v) is 4.88. The maximum Gasteiger partial charge on any atom is 0.118 e. The van der Waals surface area contributed by atoms with Crippen LogP contribution < -0.4 is 0 Å². The van der Waals surface area contributed by atoms with Gasteiger partial charge in [-0.1, -0.05) is 65.8 Å². The molecule has 0 atom stereocenters. The smallest absolute Gasteiger partial charge is 0.118 e. The Hall–Kier alpha value is -2.61. The van der Waals surface area contributed by atoms with Gasteiger partial charge in [0.05, 0.1) is 0 Å². The van der Waals surface area contributed by atoms with Crippen LogP contribution in [0.4, 0.5) is 0 Å². The van der Waals surface area contributed by atoms with Crippen LogP contribution in [0.5, 0.6) is 0 Å². The van der Waals surface area contributed by atoms with E-state index in [1.165, 1.54) is 21.9 Å². The molecule has 0 radical (unpaired) electrons. The lowest BCUT2D eigenvalue weighted by molar-refractivity contribution is 0.214. The van der Waals surface area contributed by atoms with Crippen LogP contribution in [0.1, 0.15) is 11.1 Å². The van der Waals surface area contributed by atoms with Crippen molar-refractivity contribution in [1.29, 1.82) is 0 Å². The third-order valence-electron chi connectivity index (χ3n) is 3.81. The fraction of sp³-hybridized carbons (Fsp3) is 0.0556. The number of fused-ring (bicyclic) bond motifs is 2. The van der Waals surface area contributed by atoms with E-state index in [4.69, 9.17) is 4.84 Å². The lowest BCUT2D eigenvalue weighted by atomic mass is 9.82. The summed E-state index contributed by atoms with van der Waals surface area (Å²) in [6.45, 7) is 0. The molecule has 20 heavy (non-hydrogen) atoms. The summed E-state index contributed by atoms with van der Waals surface area (Å²) in [4.78, 5) is 5.07. The topological polar surface area (TPSA) is 21.6 Å². The summed E-state index contributed by atoms with van der Waals surface area (Å²) in [6, 6.07) is 21.1. The normalized spacial score (nSPS) is 14.3. The summed E-state index contributed by atoms with van der Waals surface area (Å²) < 4.78 is 0. The first kappa shape index (κ1) is 11.2. The molecule has 3 aromatic rings. The van der Waals surface area contributed by atoms with E-state index in [1.54, 1.807) is 7.11 Å². The summed E-state index contributed by atoms with van der Waals surface area (Å²) in [5, 5.41) is 6.75. The van der Waals surface area contributed by atoms with Gasteiger partial charge in [0.1, 0.15) is 12.8 Å². The summed E-state index contributed by atoms with van der Waals surface area (Å²) >= 11 is 0. The minimum Gasteiger partial charge on any atom is -0.399 e. The molecule has 0 unspecified atom stereocenters. The highest BCUT2D eigenvalue weighted by atomic mass is 16.6. The van der Waals surface area contributed by atoms with Gasteiger partial charge in [0.25, 0.3) is 0 Å². The highest BCUT2D eigenvalue weighted by Gasteiger charge is 2.23. The monoisotopic (exact) mass is 259 g/mol. The van der Waals surface area contributed by atoms with Crippen molar-refractivity contribution in [3.63, 3.8) is 0 Å². The zero-order valence-electron chi connectivity index (χ0n) is 11.1. The van der Waals surface area contributed by atoms with Crippen molar-refractivity contribution in [2.75, 3.05) is 7.11 Å². The Morgan fingerprint density at radius 3 is 2.10 bits per heavy atom. The van der Waals surface area contributed by atoms with Gasteiger partial charge in [-0.2, -0.15) is 0 Å². The summed E-state index contributed by atoms with van der Waals surface area (Å²) in [6.07, 6.45) is 0. The van der Waals surface area contributed by atoms with Gasteiger partial charge in [-0.3, -0.25) is 0 Å². The van der Waals surface area contributed by atoms with E-state index >= 15 is 0 Å². The summed E-state index contributed by atoms with van der Waals surface area (Å²) in [5.41, 5.74) is 5.66. The molecule has 4 rings (SSSR count). The average Bonchev–Trinajstić information content (AvgIpc) is 2.51. The third-order valence-corrected chi connectivity index (χ3v) is 3.81. The zero-order chi connectivity index (χ0) is 13.5. The van der Waals surface area contributed by atoms with Gasteiger partial charge >= 0.3 is 0 Å². The van der Waals surface area contributed by atoms with Gasteiger partial charge in [0.15, 0.2) is 0 Å². The van der Waals surface area contributed by atoms with Crippen molar-refractivity contribution in [3.05, 3.63) is 71.8 Å². The fourth-order valence-electron chi connectivity index (χ4n) is 3.02. The van der Waals surface area contributed by atoms with E-state index in [9.17, 15) is 0 Å². The number of rotatable bonds is 1. The standard InChI is InChI=1S/C18H13NO/c1-20-19-18-15-9-3-2-8-13(15)14-10-4-6-12-7-5-11-16(18)17(12)14/h2-11H,1H3/b19-18-. The highest BCUT2D eigenvalue weighted by Crippen LogP contribution is 2.39. The first-order valence-corrected chi connectivity index (χ1v) is 6.63. The number of oxime groups is 1. The average molecular weight is 259 g/mol. The van der Waals surface area contributed by atoms with Gasteiger partial charge in [-0.05, 0) is 21.9 Å². The molecule has 0 saturated heterocycles. The van der Waals surface area contributed by atoms with Crippen molar-refractivity contribution in [3.8, 4) is 11.1 Å². The maximum atomic E-state index is 5.07. The minimum absolute atomic E-state index is 0.910. The van der Waals surface area contributed by atoms with Gasteiger partial charge in [0.2, 0.25) is 0 Å². The third kappa shape index (κ3) is 1.42. The zero-order valence-corrected chi connectivity index (χ0v) is 11.1. The molecule has 0 heterocycles. The molecule has 96 valence electrons. The van der Waals surface area contributed by atoms with Crippen LogP contribution in [0.3, 0.4) is 0 Å². The maximum absolute atomic E-state index is 5.07. The fourth-order valence-corrected chi connectivity index (χ4v) is 3.02. The van der Waals surface area contributed by atoms with E-state index in [-0.39, 0.29) is 0 Å². The number of hydrogen-bond acceptors (Lipinski definition) is 2. The van der Waals surface area contributed by atoms with Crippen LogP contribution in [-0.4, -0.2) is 12.8 Å². The van der Waals surface area contributed by atoms with Crippen LogP contribution in [0, 0.1) is 0 Å². The molecule has 0 amide bonds. The number of benzene rings is 3. The second kappa shape index (κ2) is 4.20. The van der Waals surface area contributed by atoms with E-state index in [0.29, 0.717) is 0 Å². The van der Waals surface area contributed by atoms with Crippen LogP contribution >= 0.6 is 0 Å². The Morgan fingerprint density at radius 1 is 0.700 bits per heavy atom. The van der Waals surface area contributed by atoms with Crippen LogP contribution in [-0.2, 0) is 4.84 Å². The number of hydrogen-bond donors (Lipinski definition) is 0. The van der Waals surface area contributed by atoms with Gasteiger partial charge < -0.3 is 4.84 Å². The molecule has 3 aromatic carbocycles. The Labute approximate surface area is 117 Å². The Kier molecular flexibility index (Phi) is 2.36. The van der Waals surface area contributed by atoms with Gasteiger partial charge in [-0.15, -0.1) is 0 Å². The first-order chi connectivity index (χ1) is 9.90. The van der Waals surface area contributed by atoms with Crippen LogP contribution in [0.15, 0.2) is 65.8 Å². The summed E-state index contributed by atoms with van der Waals surface area (Å²) in [7, 11) is 1.59. The van der Waals surface area contributed by atoms with Crippen molar-refractivity contribution in [2.45, 2.75) is 0 Å². The second-order valence-electron chi connectivity index (χ2n) is 4.88. The predicted octanol–water partition coefficient (Wildman–Crippen LogP) is 4.22. The Bertz CT molecular complexity index is 844. The minimum atomic E-state index is 0.910. The van der Waals surface area contributed by atoms with Crippen molar-refractivity contribution in [2.24, 2.45) is 5.16 Å². The van der Waals surface area contributed by atoms with E-state index < -0.39 is 0 Å². The molecular weight excluding hydrogens is 246 g/mol. The van der Waals surface area contributed by atoms with Gasteiger partial charge in [0, 0.05) is 11.1 Å². The molecule has 1 aliphatic rings. The molecule has 0 fully saturated rings. The van der Waals surface area contributed by atoms with Crippen molar-refractivity contribution < 1.29 is 4.84 Å². The molecule has 2 nitrogen and oxygen atoms in total. The van der Waals surface area contributed by atoms with Crippen LogP contribution in [0.25, 0.3) is 21.9 Å². The van der Waals surface area contributed by atoms with Crippen molar-refractivity contribution in [1.82, 2.24) is 0 Å². The predicted molar refractivity (Wildman–Crippen MR) is 82.0 cm³/mol. The molecule has 1 aliphatic carbocycles. The van der Waals surface area contributed by atoms with Crippen LogP contribution in [0.2, 0.25) is 0 Å².